The first kappa shape index (κ1) is 18.6. The number of allylic oxidation sites excluding steroid dienone is 1. The standard InChI is InChI=1S/C15H28N2O3/c1-2-3-4-5-6-7-9-13(12-14(16)19)15(20)17-10-8-11-18/h7,9,13,18H,2-6,8,10-12H2,1H3,(H2,16,19)(H,17,20). The number of nitrogens with two attached hydrogens (primary N) is 1. The largest absolute Gasteiger partial charge is 0.396 e. The lowest BCUT2D eigenvalue weighted by Crippen LogP contribution is -2.33. The van der Waals surface area contributed by atoms with E-state index in [0.717, 1.165) is 12.8 Å². The number of aliphatic hydroxyl groups is 1. The highest BCUT2D eigenvalue weighted by atomic mass is 16.3. The highest BCUT2D eigenvalue weighted by molar-refractivity contribution is 5.86. The summed E-state index contributed by atoms with van der Waals surface area (Å²) < 4.78 is 0. The summed E-state index contributed by atoms with van der Waals surface area (Å²) in [6.45, 7) is 2.61. The van der Waals surface area contributed by atoms with E-state index in [9.17, 15) is 9.59 Å². The summed E-state index contributed by atoms with van der Waals surface area (Å²) in [5.74, 6) is -1.19. The fourth-order valence-electron chi connectivity index (χ4n) is 1.84. The number of amides is 2. The minimum Gasteiger partial charge on any atom is -0.396 e. The van der Waals surface area contributed by atoms with E-state index in [0.29, 0.717) is 13.0 Å². The summed E-state index contributed by atoms with van der Waals surface area (Å²) in [5.41, 5.74) is 5.16. The summed E-state index contributed by atoms with van der Waals surface area (Å²) in [7, 11) is 0. The first-order valence-electron chi connectivity index (χ1n) is 7.45. The van der Waals surface area contributed by atoms with Crippen LogP contribution in [0.3, 0.4) is 0 Å². The third kappa shape index (κ3) is 10.6. The van der Waals surface area contributed by atoms with Crippen molar-refractivity contribution in [2.24, 2.45) is 11.7 Å². The number of aliphatic hydroxyl groups excluding tert-OH is 1. The van der Waals surface area contributed by atoms with Gasteiger partial charge in [-0.2, -0.15) is 0 Å². The summed E-state index contributed by atoms with van der Waals surface area (Å²) in [6.07, 6.45) is 9.87. The molecule has 0 rings (SSSR count). The topological polar surface area (TPSA) is 92.4 Å². The number of carbonyl (C=O) groups excluding carboxylic acids is 2. The van der Waals surface area contributed by atoms with Crippen LogP contribution in [0.15, 0.2) is 12.2 Å². The van der Waals surface area contributed by atoms with Gasteiger partial charge in [-0.15, -0.1) is 0 Å². The molecule has 0 saturated carbocycles. The molecule has 0 aliphatic carbocycles. The van der Waals surface area contributed by atoms with Crippen molar-refractivity contribution in [3.8, 4) is 0 Å². The normalized spacial score (nSPS) is 12.5. The number of rotatable bonds is 12. The maximum absolute atomic E-state index is 11.9. The Bertz CT molecular complexity index is 303. The van der Waals surface area contributed by atoms with Crippen LogP contribution in [0.25, 0.3) is 0 Å². The van der Waals surface area contributed by atoms with Crippen molar-refractivity contribution in [3.63, 3.8) is 0 Å². The van der Waals surface area contributed by atoms with Gasteiger partial charge in [-0.1, -0.05) is 38.3 Å². The van der Waals surface area contributed by atoms with Crippen LogP contribution in [0.4, 0.5) is 0 Å². The molecule has 0 fully saturated rings. The lowest BCUT2D eigenvalue weighted by atomic mass is 10.0. The van der Waals surface area contributed by atoms with Crippen molar-refractivity contribution in [2.45, 2.75) is 51.9 Å². The van der Waals surface area contributed by atoms with Gasteiger partial charge >= 0.3 is 0 Å². The average molecular weight is 284 g/mol. The Kier molecular flexibility index (Phi) is 11.8. The molecule has 1 atom stereocenters. The van der Waals surface area contributed by atoms with Gasteiger partial charge in [0, 0.05) is 19.6 Å². The maximum Gasteiger partial charge on any atom is 0.227 e. The molecule has 2 amide bonds. The van der Waals surface area contributed by atoms with Gasteiger partial charge in [0.05, 0.1) is 5.92 Å². The van der Waals surface area contributed by atoms with Crippen molar-refractivity contribution >= 4 is 11.8 Å². The van der Waals surface area contributed by atoms with Crippen LogP contribution in [0, 0.1) is 5.92 Å². The molecule has 5 nitrogen and oxygen atoms in total. The van der Waals surface area contributed by atoms with Gasteiger partial charge in [-0.25, -0.2) is 0 Å². The second-order valence-corrected chi connectivity index (χ2v) is 4.92. The molecule has 0 bridgehead atoms. The number of unbranched alkanes of at least 4 members (excludes halogenated alkanes) is 4. The van der Waals surface area contributed by atoms with E-state index in [1.54, 1.807) is 6.08 Å². The van der Waals surface area contributed by atoms with Crippen LogP contribution in [-0.2, 0) is 9.59 Å². The first-order valence-corrected chi connectivity index (χ1v) is 7.45. The molecule has 0 spiro atoms. The molecule has 0 aromatic heterocycles. The molecule has 0 heterocycles. The van der Waals surface area contributed by atoms with Crippen LogP contribution in [-0.4, -0.2) is 30.1 Å². The van der Waals surface area contributed by atoms with Crippen LogP contribution in [0.5, 0.6) is 0 Å². The predicted octanol–water partition coefficient (Wildman–Crippen LogP) is 1.50. The van der Waals surface area contributed by atoms with E-state index >= 15 is 0 Å². The molecule has 0 radical (unpaired) electrons. The summed E-state index contributed by atoms with van der Waals surface area (Å²) in [5, 5.41) is 11.4. The van der Waals surface area contributed by atoms with Gasteiger partial charge in [-0.3, -0.25) is 9.59 Å². The minimum absolute atomic E-state index is 0.0242. The van der Waals surface area contributed by atoms with Crippen LogP contribution in [0.1, 0.15) is 51.9 Å². The Labute approximate surface area is 121 Å². The van der Waals surface area contributed by atoms with Gasteiger partial charge in [0.1, 0.15) is 0 Å². The van der Waals surface area contributed by atoms with E-state index in [2.05, 4.69) is 12.2 Å². The Hall–Kier alpha value is -1.36. The predicted molar refractivity (Wildman–Crippen MR) is 79.9 cm³/mol. The quantitative estimate of drug-likeness (QED) is 0.374. The van der Waals surface area contributed by atoms with Crippen molar-refractivity contribution in [3.05, 3.63) is 12.2 Å². The van der Waals surface area contributed by atoms with Crippen LogP contribution >= 0.6 is 0 Å². The highest BCUT2D eigenvalue weighted by Crippen LogP contribution is 2.08. The molecule has 20 heavy (non-hydrogen) atoms. The third-order valence-electron chi connectivity index (χ3n) is 2.98. The molecule has 5 heteroatoms. The average Bonchev–Trinajstić information content (AvgIpc) is 2.41. The van der Waals surface area contributed by atoms with E-state index in [1.807, 2.05) is 6.08 Å². The first-order chi connectivity index (χ1) is 9.61. The number of hydrogen-bond donors (Lipinski definition) is 3. The number of hydrogen-bond acceptors (Lipinski definition) is 3. The van der Waals surface area contributed by atoms with E-state index < -0.39 is 11.8 Å². The minimum atomic E-state index is -0.502. The summed E-state index contributed by atoms with van der Waals surface area (Å²) >= 11 is 0. The SMILES string of the molecule is CCCCCCC=CC(CC(N)=O)C(=O)NCCCO. The van der Waals surface area contributed by atoms with Gasteiger partial charge in [-0.05, 0) is 19.3 Å². The fraction of sp³-hybridized carbons (Fsp3) is 0.733. The molecule has 0 saturated heterocycles. The molecule has 4 N–H and O–H groups in total. The highest BCUT2D eigenvalue weighted by Gasteiger charge is 2.17. The van der Waals surface area contributed by atoms with Gasteiger partial charge < -0.3 is 16.2 Å². The van der Waals surface area contributed by atoms with Crippen LogP contribution < -0.4 is 11.1 Å². The fourth-order valence-corrected chi connectivity index (χ4v) is 1.84. The zero-order valence-electron chi connectivity index (χ0n) is 12.4. The second-order valence-electron chi connectivity index (χ2n) is 4.92. The summed E-state index contributed by atoms with van der Waals surface area (Å²) in [6, 6.07) is 0. The lowest BCUT2D eigenvalue weighted by Gasteiger charge is -2.11. The third-order valence-corrected chi connectivity index (χ3v) is 2.98. The molecule has 0 aliphatic rings. The van der Waals surface area contributed by atoms with Crippen molar-refractivity contribution in [1.82, 2.24) is 5.32 Å². The lowest BCUT2D eigenvalue weighted by molar-refractivity contribution is -0.127. The Morgan fingerprint density at radius 3 is 2.60 bits per heavy atom. The van der Waals surface area contributed by atoms with Crippen molar-refractivity contribution in [2.75, 3.05) is 13.2 Å². The smallest absolute Gasteiger partial charge is 0.227 e. The zero-order chi connectivity index (χ0) is 15.2. The number of carbonyl (C=O) groups is 2. The molecule has 1 unspecified atom stereocenters. The van der Waals surface area contributed by atoms with E-state index in [4.69, 9.17) is 10.8 Å². The van der Waals surface area contributed by atoms with Crippen molar-refractivity contribution < 1.29 is 14.7 Å². The Morgan fingerprint density at radius 1 is 1.25 bits per heavy atom. The number of nitrogens with one attached hydrogen (secondary N) is 1. The maximum atomic E-state index is 11.9. The van der Waals surface area contributed by atoms with E-state index in [-0.39, 0.29) is 18.9 Å². The number of primary amides is 1. The molecule has 116 valence electrons. The molecular formula is C15H28N2O3. The second kappa shape index (κ2) is 12.7. The monoisotopic (exact) mass is 284 g/mol. The van der Waals surface area contributed by atoms with Crippen LogP contribution in [0.2, 0.25) is 0 Å². The van der Waals surface area contributed by atoms with E-state index in [1.165, 1.54) is 19.3 Å². The van der Waals surface area contributed by atoms with Crippen molar-refractivity contribution in [1.29, 1.82) is 0 Å². The molecule has 0 aromatic rings. The Balaban J connectivity index is 4.15. The zero-order valence-corrected chi connectivity index (χ0v) is 12.4. The molecule has 0 aliphatic heterocycles. The molecular weight excluding hydrogens is 256 g/mol. The van der Waals surface area contributed by atoms with Gasteiger partial charge in [0.15, 0.2) is 0 Å². The summed E-state index contributed by atoms with van der Waals surface area (Å²) in [4.78, 5) is 22.9. The molecule has 0 aromatic carbocycles. The Morgan fingerprint density at radius 2 is 2.00 bits per heavy atom. The van der Waals surface area contributed by atoms with Gasteiger partial charge in [0.2, 0.25) is 11.8 Å². The van der Waals surface area contributed by atoms with Gasteiger partial charge in [0.25, 0.3) is 0 Å².